The molecule has 0 bridgehead atoms. The van der Waals surface area contributed by atoms with Gasteiger partial charge in [-0.05, 0) is 13.0 Å². The van der Waals surface area contributed by atoms with Crippen molar-refractivity contribution in [2.24, 2.45) is 5.73 Å². The van der Waals surface area contributed by atoms with Gasteiger partial charge in [0.25, 0.3) is 5.91 Å². The Kier molecular flexibility index (Phi) is 3.81. The van der Waals surface area contributed by atoms with Gasteiger partial charge in [0.2, 0.25) is 5.91 Å². The van der Waals surface area contributed by atoms with Crippen LogP contribution in [0.15, 0.2) is 18.5 Å². The number of hydrogen-bond donors (Lipinski definition) is 2. The maximum absolute atomic E-state index is 11.4. The molecule has 0 aliphatic rings. The number of carbonyl (C=O) groups excluding carboxylic acids is 2. The first kappa shape index (κ1) is 11.2. The zero-order valence-electron chi connectivity index (χ0n) is 8.21. The standard InChI is InChI=1S/C8H12N4O3/c1-6(12-4-2-3-10-12)8(14)11-15-5-7(9)13/h2-4,6H,5H2,1H3,(H2,9,13)(H,11,14). The van der Waals surface area contributed by atoms with Crippen LogP contribution in [0.2, 0.25) is 0 Å². The summed E-state index contributed by atoms with van der Waals surface area (Å²) in [7, 11) is 0. The first-order chi connectivity index (χ1) is 7.11. The van der Waals surface area contributed by atoms with E-state index in [4.69, 9.17) is 5.73 Å². The molecule has 3 N–H and O–H groups in total. The lowest BCUT2D eigenvalue weighted by Gasteiger charge is -2.11. The lowest BCUT2D eigenvalue weighted by atomic mass is 10.3. The molecule has 1 rings (SSSR count). The van der Waals surface area contributed by atoms with Gasteiger partial charge in [-0.15, -0.1) is 0 Å². The van der Waals surface area contributed by atoms with Crippen molar-refractivity contribution in [3.05, 3.63) is 18.5 Å². The Morgan fingerprint density at radius 1 is 1.67 bits per heavy atom. The molecule has 82 valence electrons. The highest BCUT2D eigenvalue weighted by Gasteiger charge is 2.14. The molecule has 0 fully saturated rings. The number of hydrogen-bond acceptors (Lipinski definition) is 4. The number of hydroxylamine groups is 1. The van der Waals surface area contributed by atoms with E-state index in [2.05, 4.69) is 15.4 Å². The molecule has 0 saturated heterocycles. The van der Waals surface area contributed by atoms with Crippen LogP contribution in [0.3, 0.4) is 0 Å². The molecule has 0 radical (unpaired) electrons. The third-order valence-electron chi connectivity index (χ3n) is 1.69. The topological polar surface area (TPSA) is 99.2 Å². The molecule has 1 atom stereocenters. The average Bonchev–Trinajstić information content (AvgIpc) is 2.68. The summed E-state index contributed by atoms with van der Waals surface area (Å²) in [5.41, 5.74) is 6.92. The minimum absolute atomic E-state index is 0.350. The molecular formula is C8H12N4O3. The summed E-state index contributed by atoms with van der Waals surface area (Å²) in [6.45, 7) is 1.30. The lowest BCUT2D eigenvalue weighted by Crippen LogP contribution is -2.34. The SMILES string of the molecule is CC(C(=O)NOCC(N)=O)n1cccn1. The van der Waals surface area contributed by atoms with Gasteiger partial charge in [-0.2, -0.15) is 5.10 Å². The fourth-order valence-electron chi connectivity index (χ4n) is 0.893. The van der Waals surface area contributed by atoms with E-state index in [-0.39, 0.29) is 6.61 Å². The van der Waals surface area contributed by atoms with Crippen molar-refractivity contribution in [2.75, 3.05) is 6.61 Å². The molecule has 1 aromatic heterocycles. The quantitative estimate of drug-likeness (QED) is 0.610. The minimum atomic E-state index is -0.651. The van der Waals surface area contributed by atoms with Gasteiger partial charge in [0.1, 0.15) is 6.04 Å². The smallest absolute Gasteiger partial charge is 0.268 e. The molecule has 0 aliphatic heterocycles. The zero-order valence-corrected chi connectivity index (χ0v) is 8.21. The molecule has 7 heteroatoms. The van der Waals surface area contributed by atoms with Crippen LogP contribution in [-0.4, -0.2) is 28.2 Å². The van der Waals surface area contributed by atoms with Crippen LogP contribution in [0, 0.1) is 0 Å². The van der Waals surface area contributed by atoms with E-state index in [1.165, 1.54) is 4.68 Å². The predicted molar refractivity (Wildman–Crippen MR) is 50.2 cm³/mol. The summed E-state index contributed by atoms with van der Waals surface area (Å²) in [4.78, 5) is 26.2. The molecule has 1 unspecified atom stereocenters. The monoisotopic (exact) mass is 212 g/mol. The first-order valence-electron chi connectivity index (χ1n) is 4.30. The number of primary amides is 1. The number of nitrogens with one attached hydrogen (secondary N) is 1. The van der Waals surface area contributed by atoms with E-state index in [1.807, 2.05) is 0 Å². The van der Waals surface area contributed by atoms with E-state index < -0.39 is 17.9 Å². The van der Waals surface area contributed by atoms with E-state index >= 15 is 0 Å². The predicted octanol–water partition coefficient (Wildman–Crippen LogP) is -1.02. The molecule has 7 nitrogen and oxygen atoms in total. The van der Waals surface area contributed by atoms with Gasteiger partial charge in [0.05, 0.1) is 0 Å². The number of aromatic nitrogens is 2. The van der Waals surface area contributed by atoms with Crippen LogP contribution in [0.1, 0.15) is 13.0 Å². The van der Waals surface area contributed by atoms with Crippen LogP contribution in [0.5, 0.6) is 0 Å². The largest absolute Gasteiger partial charge is 0.368 e. The van der Waals surface area contributed by atoms with Crippen molar-refractivity contribution >= 4 is 11.8 Å². The highest BCUT2D eigenvalue weighted by atomic mass is 16.7. The van der Waals surface area contributed by atoms with Gasteiger partial charge >= 0.3 is 0 Å². The Hall–Kier alpha value is -1.89. The Morgan fingerprint density at radius 2 is 2.40 bits per heavy atom. The van der Waals surface area contributed by atoms with E-state index in [0.717, 1.165) is 0 Å². The number of nitrogens with two attached hydrogens (primary N) is 1. The van der Waals surface area contributed by atoms with Gasteiger partial charge in [-0.3, -0.25) is 19.1 Å². The second-order valence-corrected chi connectivity index (χ2v) is 2.88. The van der Waals surface area contributed by atoms with Gasteiger partial charge in [0.15, 0.2) is 6.61 Å². The Labute approximate surface area is 86.1 Å². The van der Waals surface area contributed by atoms with Crippen molar-refractivity contribution < 1.29 is 14.4 Å². The molecular weight excluding hydrogens is 200 g/mol. The lowest BCUT2D eigenvalue weighted by molar-refractivity contribution is -0.140. The Morgan fingerprint density at radius 3 is 2.93 bits per heavy atom. The molecule has 1 aromatic rings. The van der Waals surface area contributed by atoms with Crippen LogP contribution < -0.4 is 11.2 Å². The summed E-state index contributed by atoms with van der Waals surface area (Å²) in [6, 6.07) is 1.20. The van der Waals surface area contributed by atoms with Crippen molar-refractivity contribution in [1.82, 2.24) is 15.3 Å². The number of carbonyl (C=O) groups is 2. The number of nitrogens with zero attached hydrogens (tertiary/aromatic N) is 2. The van der Waals surface area contributed by atoms with Gasteiger partial charge in [-0.1, -0.05) is 0 Å². The fourth-order valence-corrected chi connectivity index (χ4v) is 0.893. The van der Waals surface area contributed by atoms with Crippen molar-refractivity contribution in [3.63, 3.8) is 0 Å². The summed E-state index contributed by atoms with van der Waals surface area (Å²) >= 11 is 0. The number of amides is 2. The molecule has 0 aromatic carbocycles. The van der Waals surface area contributed by atoms with E-state index in [1.54, 1.807) is 25.4 Å². The Bertz CT molecular complexity index is 336. The maximum Gasteiger partial charge on any atom is 0.268 e. The van der Waals surface area contributed by atoms with Crippen LogP contribution >= 0.6 is 0 Å². The van der Waals surface area contributed by atoms with Crippen molar-refractivity contribution in [1.29, 1.82) is 0 Å². The summed E-state index contributed by atoms with van der Waals surface area (Å²) < 4.78 is 1.46. The van der Waals surface area contributed by atoms with Crippen molar-refractivity contribution in [2.45, 2.75) is 13.0 Å². The average molecular weight is 212 g/mol. The van der Waals surface area contributed by atoms with Gasteiger partial charge in [0, 0.05) is 12.4 Å². The third-order valence-corrected chi connectivity index (χ3v) is 1.69. The minimum Gasteiger partial charge on any atom is -0.368 e. The molecule has 0 saturated carbocycles. The molecule has 15 heavy (non-hydrogen) atoms. The first-order valence-corrected chi connectivity index (χ1v) is 4.30. The third kappa shape index (κ3) is 3.39. The van der Waals surface area contributed by atoms with Crippen LogP contribution in [-0.2, 0) is 14.4 Å². The molecule has 1 heterocycles. The Balaban J connectivity index is 2.37. The number of rotatable bonds is 5. The van der Waals surface area contributed by atoms with Crippen LogP contribution in [0.4, 0.5) is 0 Å². The second kappa shape index (κ2) is 5.11. The van der Waals surface area contributed by atoms with Crippen molar-refractivity contribution in [3.8, 4) is 0 Å². The summed E-state index contributed by atoms with van der Waals surface area (Å²) in [5, 5.41) is 3.89. The molecule has 2 amide bonds. The molecule has 0 aliphatic carbocycles. The summed E-state index contributed by atoms with van der Waals surface area (Å²) in [6.07, 6.45) is 3.21. The van der Waals surface area contributed by atoms with E-state index in [9.17, 15) is 9.59 Å². The van der Waals surface area contributed by atoms with Gasteiger partial charge in [-0.25, -0.2) is 5.48 Å². The highest BCUT2D eigenvalue weighted by molar-refractivity contribution is 5.79. The van der Waals surface area contributed by atoms with E-state index in [0.29, 0.717) is 0 Å². The second-order valence-electron chi connectivity index (χ2n) is 2.88. The fraction of sp³-hybridized carbons (Fsp3) is 0.375. The maximum atomic E-state index is 11.4. The normalized spacial score (nSPS) is 12.1. The van der Waals surface area contributed by atoms with Gasteiger partial charge < -0.3 is 5.73 Å². The van der Waals surface area contributed by atoms with Crippen LogP contribution in [0.25, 0.3) is 0 Å². The summed E-state index contributed by atoms with van der Waals surface area (Å²) in [5.74, 6) is -1.05. The zero-order chi connectivity index (χ0) is 11.3. The molecule has 0 spiro atoms. The highest BCUT2D eigenvalue weighted by Crippen LogP contribution is 2.02.